The van der Waals surface area contributed by atoms with Gasteiger partial charge in [0.1, 0.15) is 16.8 Å². The number of halogens is 2. The molecule has 14 nitrogen and oxygen atoms in total. The fraction of sp³-hybridized carbons (Fsp3) is 0.263. The monoisotopic (exact) mass is 1420 g/mol. The number of ketones is 2. The summed E-state index contributed by atoms with van der Waals surface area (Å²) in [6.45, 7) is 20.1. The Balaban J connectivity index is 0.000000128. The summed E-state index contributed by atoms with van der Waals surface area (Å²) in [6, 6.07) is 48.5. The molecule has 0 saturated heterocycles. The third-order valence-corrected chi connectivity index (χ3v) is 21.4. The van der Waals surface area contributed by atoms with E-state index in [1.54, 1.807) is 56.0 Å². The van der Waals surface area contributed by atoms with Crippen molar-refractivity contribution in [3.8, 4) is 0 Å². The fourth-order valence-electron chi connectivity index (χ4n) is 12.5. The smallest absolute Gasteiger partial charge is 0.419 e. The maximum Gasteiger partial charge on any atom is 0.419 e. The average Bonchev–Trinajstić information content (AvgIpc) is 1.60. The number of aromatic nitrogens is 7. The molecule has 6 aromatic carbocycles. The van der Waals surface area contributed by atoms with Crippen LogP contribution in [0.25, 0.3) is 49.2 Å². The molecule has 2 aliphatic rings. The third kappa shape index (κ3) is 16.5. The first-order valence-electron chi connectivity index (χ1n) is 32.8. The number of thiazole rings is 3. The van der Waals surface area contributed by atoms with Crippen LogP contribution in [0.4, 0.5) is 9.59 Å². The van der Waals surface area contributed by atoms with Crippen molar-refractivity contribution in [2.24, 2.45) is 0 Å². The molecular formula is C80H79Cl2N7O7S3. The van der Waals surface area contributed by atoms with Gasteiger partial charge in [-0.15, -0.1) is 34.0 Å². The second-order valence-electron chi connectivity index (χ2n) is 26.8. The lowest BCUT2D eigenvalue weighted by Gasteiger charge is -2.22. The number of aliphatic hydroxyl groups is 1. The van der Waals surface area contributed by atoms with Crippen molar-refractivity contribution in [2.45, 2.75) is 136 Å². The molecule has 0 radical (unpaired) electrons. The van der Waals surface area contributed by atoms with Crippen molar-refractivity contribution < 1.29 is 33.8 Å². The number of H-pyrrole nitrogens is 2. The van der Waals surface area contributed by atoms with Crippen molar-refractivity contribution >= 4 is 130 Å². The highest BCUT2D eigenvalue weighted by atomic mass is 35.5. The molecule has 3 N–H and O–H groups in total. The lowest BCUT2D eigenvalue weighted by molar-refractivity contribution is 0.0531. The van der Waals surface area contributed by atoms with Crippen LogP contribution in [0.1, 0.15) is 174 Å². The van der Waals surface area contributed by atoms with Crippen LogP contribution in [0.2, 0.25) is 8.93 Å². The largest absolute Gasteiger partial charge is 0.443 e. The summed E-state index contributed by atoms with van der Waals surface area (Å²) in [4.78, 5) is 69.9. The van der Waals surface area contributed by atoms with E-state index >= 15 is 0 Å². The van der Waals surface area contributed by atoms with Gasteiger partial charge in [0.25, 0.3) is 0 Å². The normalized spacial score (nSPS) is 14.5. The number of carbonyl (C=O) groups is 4. The van der Waals surface area contributed by atoms with Crippen LogP contribution in [0.3, 0.4) is 0 Å². The van der Waals surface area contributed by atoms with Gasteiger partial charge in [0.2, 0.25) is 0 Å². The lowest BCUT2D eigenvalue weighted by atomic mass is 9.84. The van der Waals surface area contributed by atoms with Gasteiger partial charge in [0, 0.05) is 120 Å². The Morgan fingerprint density at radius 2 is 1.08 bits per heavy atom. The molecule has 0 fully saturated rings. The van der Waals surface area contributed by atoms with Crippen LogP contribution in [0.15, 0.2) is 195 Å². The van der Waals surface area contributed by atoms with Crippen LogP contribution < -0.4 is 0 Å². The average molecular weight is 1420 g/mol. The zero-order valence-electron chi connectivity index (χ0n) is 57.1. The Kier molecular flexibility index (Phi) is 21.7. The third-order valence-electron chi connectivity index (χ3n) is 17.4. The van der Waals surface area contributed by atoms with Crippen molar-refractivity contribution in [3.63, 3.8) is 0 Å². The van der Waals surface area contributed by atoms with Crippen molar-refractivity contribution in [3.05, 3.63) is 268 Å². The molecule has 508 valence electrons. The number of benzene rings is 6. The molecule has 0 spiro atoms. The number of aryl methyl sites for hydroxylation is 1. The van der Waals surface area contributed by atoms with Gasteiger partial charge in [0.05, 0.1) is 20.9 Å². The molecule has 0 amide bonds. The van der Waals surface area contributed by atoms with E-state index in [9.17, 15) is 24.3 Å². The van der Waals surface area contributed by atoms with Crippen LogP contribution in [-0.2, 0) is 34.3 Å². The highest BCUT2D eigenvalue weighted by molar-refractivity contribution is 7.16. The Labute approximate surface area is 598 Å². The van der Waals surface area contributed by atoms with E-state index in [-0.39, 0.29) is 11.6 Å². The minimum absolute atomic E-state index is 0.0708. The summed E-state index contributed by atoms with van der Waals surface area (Å²) >= 11 is 16.5. The number of nitrogens with zero attached hydrogens (tertiary/aromatic N) is 5. The molecule has 13 aromatic rings. The van der Waals surface area contributed by atoms with Gasteiger partial charge >= 0.3 is 12.2 Å². The zero-order chi connectivity index (χ0) is 70.5. The Hall–Kier alpha value is -9.07. The maximum absolute atomic E-state index is 12.6. The van der Waals surface area contributed by atoms with Crippen LogP contribution in [0.5, 0.6) is 0 Å². The molecule has 4 unspecified atom stereocenters. The van der Waals surface area contributed by atoms with E-state index < -0.39 is 29.0 Å². The molecule has 2 aliphatic carbocycles. The van der Waals surface area contributed by atoms with Gasteiger partial charge in [-0.1, -0.05) is 164 Å². The number of Topliss-reactive ketones (excluding diaryl/α,β-unsaturated/α-hetero) is 2. The Morgan fingerprint density at radius 1 is 0.566 bits per heavy atom. The van der Waals surface area contributed by atoms with E-state index in [2.05, 4.69) is 119 Å². The standard InChI is InChI=1S/C24H23NS.C18H19ClN2O3S.C15H17NO3.C13H11ClN2S.C10H9NO/c1-16(21-13-12-18-7-4-5-9-22(18)21)23-15-25-24(26-23)20-11-10-17-6-2-3-8-19(17)14-20;1-17(2,3)24-16(22)21-10-12(11-7-5-6-8-13(11)21)18(4,23)14-9-20-15(19)25-14;1-10(17)12-9-16(14(18)19-15(2,3)4)13-8-6-5-7-11(12)13;1-8(12-7-16-13(14)17-12)10-6-15-11-5-3-2-4-9(10)11;1-7(12)9-6-11-10-5-3-2-4-8(9)10/h2-9,13,15-16,20H,10-12,14H2,1H3;5-10,23H,1-4H3;5-9H,1-4H3;2-8,15H,1H3;2-6,11H,1H3. The Bertz CT molecular complexity index is 5100. The molecule has 0 aliphatic heterocycles. The minimum atomic E-state index is -1.34. The van der Waals surface area contributed by atoms with Gasteiger partial charge in [0.15, 0.2) is 20.5 Å². The summed E-state index contributed by atoms with van der Waals surface area (Å²) in [5.41, 5.74) is 11.6. The quantitative estimate of drug-likeness (QED) is 0.117. The second kappa shape index (κ2) is 30.2. The molecule has 19 heteroatoms. The summed E-state index contributed by atoms with van der Waals surface area (Å²) in [7, 11) is 0. The van der Waals surface area contributed by atoms with Crippen LogP contribution in [-0.4, -0.2) is 74.1 Å². The number of para-hydroxylation sites is 4. The number of ether oxygens (including phenoxy) is 2. The Morgan fingerprint density at radius 3 is 1.71 bits per heavy atom. The molecular weight excluding hydrogens is 1340 g/mol. The predicted octanol–water partition coefficient (Wildman–Crippen LogP) is 21.4. The number of fused-ring (bicyclic) bond motifs is 6. The van der Waals surface area contributed by atoms with Crippen LogP contribution in [0, 0.1) is 0 Å². The molecule has 15 rings (SSSR count). The SMILES string of the molecule is CC(=O)c1c[nH]c2ccccc12.CC(=O)c1cn(C(=O)OC(C)(C)C)c2ccccc12.CC(C)(C)OC(=O)n1cc(C(C)(O)c2cnc(Cl)s2)c2ccccc21.CC(C1=CCc2ccccc21)c1cnc(C2CCc3ccccc3C2)s1.CC(c1cnc(Cl)s1)c1c[nH]c2ccccc12. The topological polar surface area (TPSA) is 187 Å². The molecule has 7 aromatic heterocycles. The highest BCUT2D eigenvalue weighted by Crippen LogP contribution is 2.44. The number of aromatic amines is 2. The number of rotatable bonds is 9. The first-order chi connectivity index (χ1) is 47.2. The summed E-state index contributed by atoms with van der Waals surface area (Å²) in [6.07, 6.45) is 18.6. The number of hydrogen-bond donors (Lipinski definition) is 3. The first kappa shape index (κ1) is 71.2. The molecule has 99 heavy (non-hydrogen) atoms. The van der Waals surface area contributed by atoms with Crippen molar-refractivity contribution in [1.29, 1.82) is 0 Å². The van der Waals surface area contributed by atoms with E-state index in [1.807, 2.05) is 132 Å². The van der Waals surface area contributed by atoms with Gasteiger partial charge in [-0.05, 0) is 146 Å². The molecule has 0 saturated carbocycles. The minimum Gasteiger partial charge on any atom is -0.443 e. The molecule has 0 bridgehead atoms. The first-order valence-corrected chi connectivity index (χ1v) is 36.0. The second-order valence-corrected chi connectivity index (χ2v) is 31.2. The zero-order valence-corrected chi connectivity index (χ0v) is 61.1. The highest BCUT2D eigenvalue weighted by Gasteiger charge is 2.34. The van der Waals surface area contributed by atoms with Crippen LogP contribution >= 0.6 is 57.2 Å². The fourth-order valence-corrected chi connectivity index (χ4v) is 15.6. The number of carbonyl (C=O) groups excluding carboxylic acids is 4. The van der Waals surface area contributed by atoms with E-state index in [4.69, 9.17) is 37.7 Å². The van der Waals surface area contributed by atoms with Gasteiger partial charge in [-0.2, -0.15) is 0 Å². The van der Waals surface area contributed by atoms with Gasteiger partial charge in [-0.3, -0.25) is 18.7 Å². The molecule has 7 heterocycles. The summed E-state index contributed by atoms with van der Waals surface area (Å²) < 4.78 is 14.6. The maximum atomic E-state index is 12.6. The lowest BCUT2D eigenvalue weighted by Crippen LogP contribution is -2.27. The van der Waals surface area contributed by atoms with Gasteiger partial charge in [-0.25, -0.2) is 24.5 Å². The van der Waals surface area contributed by atoms with E-state index in [1.165, 1.54) is 99.3 Å². The van der Waals surface area contributed by atoms with E-state index in [0.29, 0.717) is 53.7 Å². The van der Waals surface area contributed by atoms with E-state index in [0.717, 1.165) is 40.1 Å². The van der Waals surface area contributed by atoms with Gasteiger partial charge < -0.3 is 24.5 Å². The summed E-state index contributed by atoms with van der Waals surface area (Å²) in [5.74, 6) is 1.36. The number of nitrogens with one attached hydrogen (secondary N) is 2. The van der Waals surface area contributed by atoms with Crippen molar-refractivity contribution in [1.82, 2.24) is 34.1 Å². The predicted molar refractivity (Wildman–Crippen MR) is 404 cm³/mol. The molecule has 4 atom stereocenters. The number of allylic oxidation sites excluding steroid dienone is 2. The van der Waals surface area contributed by atoms with Crippen molar-refractivity contribution in [2.75, 3.05) is 0 Å². The summed E-state index contributed by atoms with van der Waals surface area (Å²) in [5, 5.41) is 16.3. The number of hydrogen-bond acceptors (Lipinski definition) is 13.